The molecule has 1 unspecified atom stereocenters. The average Bonchev–Trinajstić information content (AvgIpc) is 3.54. The Hall–Kier alpha value is -5.39. The zero-order chi connectivity index (χ0) is 31.2. The molecule has 0 radical (unpaired) electrons. The monoisotopic (exact) mass is 597 g/mol. The van der Waals surface area contributed by atoms with E-state index in [1.807, 2.05) is 48.2 Å². The van der Waals surface area contributed by atoms with Crippen molar-refractivity contribution in [1.29, 1.82) is 0 Å². The number of aliphatic imine (C=N–C) groups is 1. The first-order valence-corrected chi connectivity index (χ1v) is 14.2. The number of hydrogen-bond acceptors (Lipinski definition) is 8. The van der Waals surface area contributed by atoms with Crippen LogP contribution >= 0.6 is 0 Å². The van der Waals surface area contributed by atoms with Crippen molar-refractivity contribution in [2.24, 2.45) is 17.1 Å². The number of likely N-dealkylation sites (N-methyl/N-ethyl adjacent to an activating group) is 1. The first-order chi connectivity index (χ1) is 21.3. The van der Waals surface area contributed by atoms with E-state index < -0.39 is 0 Å². The maximum absolute atomic E-state index is 13.6. The molecule has 0 fully saturated rings. The topological polar surface area (TPSA) is 130 Å². The lowest BCUT2D eigenvalue weighted by Gasteiger charge is -2.22. The predicted octanol–water partition coefficient (Wildman–Crippen LogP) is 3.80. The molecule has 0 spiro atoms. The highest BCUT2D eigenvalue weighted by Gasteiger charge is 2.36. The number of methoxy groups -OCH3 is 1. The second-order valence-electron chi connectivity index (χ2n) is 10.4. The Morgan fingerprint density at radius 1 is 1.25 bits per heavy atom. The van der Waals surface area contributed by atoms with E-state index in [-0.39, 0.29) is 36.7 Å². The van der Waals surface area contributed by atoms with Gasteiger partial charge in [0.2, 0.25) is 5.91 Å². The molecule has 3 heterocycles. The number of hydrazone groups is 1. The van der Waals surface area contributed by atoms with E-state index in [9.17, 15) is 14.4 Å². The third kappa shape index (κ3) is 6.33. The van der Waals surface area contributed by atoms with Crippen molar-refractivity contribution in [2.45, 2.75) is 31.8 Å². The number of aldehydes is 1. The van der Waals surface area contributed by atoms with Gasteiger partial charge in [-0.15, -0.1) is 0 Å². The number of carbonyl (C=O) groups excluding carboxylic acids is 3. The van der Waals surface area contributed by atoms with Crippen LogP contribution in [0.3, 0.4) is 0 Å². The molecule has 0 aliphatic carbocycles. The largest absolute Gasteiger partial charge is 0.493 e. The number of ether oxygens (including phenoxy) is 2. The zero-order valence-corrected chi connectivity index (χ0v) is 24.9. The minimum Gasteiger partial charge on any atom is -0.493 e. The van der Waals surface area contributed by atoms with Crippen LogP contribution in [-0.2, 0) is 29.6 Å². The number of benzene rings is 2. The van der Waals surface area contributed by atoms with Gasteiger partial charge < -0.3 is 29.7 Å². The summed E-state index contributed by atoms with van der Waals surface area (Å²) in [4.78, 5) is 45.3. The van der Waals surface area contributed by atoms with Crippen molar-refractivity contribution >= 4 is 47.2 Å². The van der Waals surface area contributed by atoms with E-state index in [0.29, 0.717) is 54.1 Å². The van der Waals surface area contributed by atoms with Gasteiger partial charge in [0.05, 0.1) is 43.2 Å². The Morgan fingerprint density at radius 2 is 2.07 bits per heavy atom. The molecule has 228 valence electrons. The van der Waals surface area contributed by atoms with E-state index in [2.05, 4.69) is 27.4 Å². The Balaban J connectivity index is 1.15. The number of anilines is 2. The normalized spacial score (nSPS) is 15.1. The van der Waals surface area contributed by atoms with Gasteiger partial charge in [0.25, 0.3) is 5.91 Å². The number of nitrogens with one attached hydrogen (secondary N) is 2. The van der Waals surface area contributed by atoms with Crippen LogP contribution in [0.2, 0.25) is 0 Å². The lowest BCUT2D eigenvalue weighted by Crippen LogP contribution is -2.37. The minimum absolute atomic E-state index is 0.132. The molecule has 12 heteroatoms. The summed E-state index contributed by atoms with van der Waals surface area (Å²) in [5.41, 5.74) is 7.35. The Kier molecular flexibility index (Phi) is 9.08. The molecule has 2 aromatic carbocycles. The molecular weight excluding hydrogens is 562 g/mol. The van der Waals surface area contributed by atoms with Gasteiger partial charge in [-0.25, -0.2) is 0 Å². The van der Waals surface area contributed by atoms with Crippen LogP contribution in [0.1, 0.15) is 34.5 Å². The number of amides is 2. The van der Waals surface area contributed by atoms with Crippen molar-refractivity contribution in [3.05, 3.63) is 78.3 Å². The van der Waals surface area contributed by atoms with Gasteiger partial charge in [0, 0.05) is 56.8 Å². The Labute approximate surface area is 255 Å². The Morgan fingerprint density at radius 3 is 2.84 bits per heavy atom. The van der Waals surface area contributed by atoms with Gasteiger partial charge in [-0.05, 0) is 36.4 Å². The van der Waals surface area contributed by atoms with Gasteiger partial charge in [-0.2, -0.15) is 5.10 Å². The summed E-state index contributed by atoms with van der Waals surface area (Å²) in [6.45, 7) is 4.23. The van der Waals surface area contributed by atoms with Crippen molar-refractivity contribution in [1.82, 2.24) is 14.9 Å². The van der Waals surface area contributed by atoms with Crippen molar-refractivity contribution < 1.29 is 23.9 Å². The highest BCUT2D eigenvalue weighted by Crippen LogP contribution is 2.40. The van der Waals surface area contributed by atoms with E-state index in [4.69, 9.17) is 9.47 Å². The molecule has 5 rings (SSSR count). The average molecular weight is 598 g/mol. The maximum atomic E-state index is 13.6. The summed E-state index contributed by atoms with van der Waals surface area (Å²) in [6.07, 6.45) is 7.15. The summed E-state index contributed by atoms with van der Waals surface area (Å²) >= 11 is 0. The second-order valence-corrected chi connectivity index (χ2v) is 10.4. The summed E-state index contributed by atoms with van der Waals surface area (Å²) in [5, 5.41) is 6.96. The molecule has 44 heavy (non-hydrogen) atoms. The lowest BCUT2D eigenvalue weighted by molar-refractivity contribution is -0.116. The number of hydrogen-bond donors (Lipinski definition) is 2. The van der Waals surface area contributed by atoms with Gasteiger partial charge >= 0.3 is 0 Å². The Bertz CT molecular complexity index is 1640. The van der Waals surface area contributed by atoms with Crippen LogP contribution in [0.5, 0.6) is 11.5 Å². The number of amidine groups is 1. The van der Waals surface area contributed by atoms with Gasteiger partial charge in [-0.3, -0.25) is 24.3 Å². The number of para-hydroxylation sites is 1. The fourth-order valence-electron chi connectivity index (χ4n) is 5.16. The first-order valence-electron chi connectivity index (χ1n) is 14.2. The number of nitrogens with zero attached hydrogens (tertiary/aromatic N) is 5. The molecule has 12 nitrogen and oxygen atoms in total. The first kappa shape index (κ1) is 30.1. The van der Waals surface area contributed by atoms with Crippen LogP contribution in [0.25, 0.3) is 0 Å². The van der Waals surface area contributed by atoms with E-state index in [1.165, 1.54) is 18.2 Å². The fraction of sp³-hybridized carbons (Fsp3) is 0.281. The van der Waals surface area contributed by atoms with Crippen LogP contribution in [0.4, 0.5) is 17.1 Å². The van der Waals surface area contributed by atoms with Crippen LogP contribution < -0.4 is 25.1 Å². The fourth-order valence-corrected chi connectivity index (χ4v) is 5.16. The predicted molar refractivity (Wildman–Crippen MR) is 169 cm³/mol. The molecule has 0 saturated carbocycles. The maximum Gasteiger partial charge on any atom is 0.261 e. The van der Waals surface area contributed by atoms with Gasteiger partial charge in [-0.1, -0.05) is 24.8 Å². The highest BCUT2D eigenvalue weighted by molar-refractivity contribution is 6.27. The van der Waals surface area contributed by atoms with E-state index in [1.54, 1.807) is 30.3 Å². The van der Waals surface area contributed by atoms with Gasteiger partial charge in [0.1, 0.15) is 0 Å². The molecule has 0 saturated heterocycles. The van der Waals surface area contributed by atoms with E-state index >= 15 is 0 Å². The third-order valence-electron chi connectivity index (χ3n) is 7.52. The summed E-state index contributed by atoms with van der Waals surface area (Å²) in [6, 6.07) is 13.0. The molecule has 2 aliphatic rings. The quantitative estimate of drug-likeness (QED) is 0.107. The number of carbonyl (C=O) groups is 3. The summed E-state index contributed by atoms with van der Waals surface area (Å²) in [7, 11) is 5.05. The smallest absolute Gasteiger partial charge is 0.261 e. The molecule has 2 amide bonds. The van der Waals surface area contributed by atoms with Crippen molar-refractivity contribution in [3.8, 4) is 11.5 Å². The van der Waals surface area contributed by atoms with Crippen LogP contribution in [0, 0.1) is 0 Å². The molecule has 3 aromatic rings. The molecule has 0 bridgehead atoms. The van der Waals surface area contributed by atoms with Crippen molar-refractivity contribution in [2.75, 3.05) is 31.0 Å². The molecule has 1 aromatic heterocycles. The number of aryl methyl sites for hydroxylation is 1. The standard InChI is InChI=1S/C32H35N7O5/c1-5-37(2)30(20-40)36-34-18-23-14-22(19-38(23)3)35-31(41)11-8-12-44-29-16-26-25(15-28(29)43-4)32(42)39-24(17-33-26)13-21-9-6-7-10-27(21)39/h5-7,9-10,14-17,19-20,24,34H,1,8,11-13,18H2,2-4H3,(H,35,41)/b36-30-. The van der Waals surface area contributed by atoms with Gasteiger partial charge in [0.15, 0.2) is 23.6 Å². The number of fused-ring (bicyclic) bond motifs is 4. The van der Waals surface area contributed by atoms with E-state index in [0.717, 1.165) is 16.9 Å². The number of aromatic nitrogens is 1. The molecular formula is C32H35N7O5. The molecule has 2 N–H and O–H groups in total. The highest BCUT2D eigenvalue weighted by atomic mass is 16.5. The van der Waals surface area contributed by atoms with Crippen LogP contribution in [0.15, 0.2) is 71.5 Å². The SMILES string of the molecule is C=CN(C)/C(C=O)=N\NCc1cc(NC(=O)CCCOc2cc3c(cc2OC)C(=O)N2c4ccccc4CC2C=N3)cn1C. The minimum atomic E-state index is -0.155. The third-order valence-corrected chi connectivity index (χ3v) is 7.52. The second kappa shape index (κ2) is 13.3. The zero-order valence-electron chi connectivity index (χ0n) is 24.9. The van der Waals surface area contributed by atoms with Crippen LogP contribution in [-0.4, -0.2) is 66.4 Å². The summed E-state index contributed by atoms with van der Waals surface area (Å²) in [5.74, 6) is 0.791. The van der Waals surface area contributed by atoms with Crippen molar-refractivity contribution in [3.63, 3.8) is 0 Å². The molecule has 1 atom stereocenters. The lowest BCUT2D eigenvalue weighted by atomic mass is 10.1. The summed E-state index contributed by atoms with van der Waals surface area (Å²) < 4.78 is 13.4. The molecule has 2 aliphatic heterocycles. The number of rotatable bonds is 12.